The fourth-order valence-corrected chi connectivity index (χ4v) is 3.51. The van der Waals surface area contributed by atoms with E-state index in [0.29, 0.717) is 13.1 Å². The van der Waals surface area contributed by atoms with Crippen LogP contribution >= 0.6 is 0 Å². The van der Waals surface area contributed by atoms with Gasteiger partial charge < -0.3 is 9.64 Å². The van der Waals surface area contributed by atoms with Crippen LogP contribution in [0.2, 0.25) is 0 Å². The first-order valence-corrected chi connectivity index (χ1v) is 8.96. The van der Waals surface area contributed by atoms with E-state index in [1.54, 1.807) is 0 Å². The van der Waals surface area contributed by atoms with Crippen LogP contribution in [0.3, 0.4) is 0 Å². The number of rotatable bonds is 4. The number of ether oxygens (including phenoxy) is 1. The molecule has 1 heterocycles. The van der Waals surface area contributed by atoms with Gasteiger partial charge in [0.1, 0.15) is 11.5 Å². The minimum Gasteiger partial charge on any atom is -0.457 e. The first-order chi connectivity index (χ1) is 12.8. The minimum atomic E-state index is -0.334. The van der Waals surface area contributed by atoms with Gasteiger partial charge in [-0.3, -0.25) is 4.79 Å². The highest BCUT2D eigenvalue weighted by Gasteiger charge is 2.34. The van der Waals surface area contributed by atoms with Gasteiger partial charge >= 0.3 is 0 Å². The Labute approximate surface area is 153 Å². The molecule has 26 heavy (non-hydrogen) atoms. The van der Waals surface area contributed by atoms with Gasteiger partial charge in [-0.25, -0.2) is 0 Å². The zero-order valence-electron chi connectivity index (χ0n) is 14.8. The summed E-state index contributed by atoms with van der Waals surface area (Å²) < 4.78 is 6.02. The molecule has 1 aliphatic heterocycles. The largest absolute Gasteiger partial charge is 0.457 e. The van der Waals surface area contributed by atoms with Crippen LogP contribution in [0.5, 0.6) is 11.5 Å². The third-order valence-electron chi connectivity index (χ3n) is 4.84. The molecule has 0 saturated carbocycles. The number of hydrogen-bond acceptors (Lipinski definition) is 2. The molecule has 0 saturated heterocycles. The average molecular weight is 343 g/mol. The Hall–Kier alpha value is -3.07. The van der Waals surface area contributed by atoms with Gasteiger partial charge in [-0.1, -0.05) is 66.7 Å². The van der Waals surface area contributed by atoms with Crippen molar-refractivity contribution < 1.29 is 9.53 Å². The van der Waals surface area contributed by atoms with Gasteiger partial charge in [-0.15, -0.1) is 0 Å². The summed E-state index contributed by atoms with van der Waals surface area (Å²) in [6.45, 7) is 3.30. The molecule has 0 bridgehead atoms. The van der Waals surface area contributed by atoms with Crippen molar-refractivity contribution in [1.29, 1.82) is 0 Å². The molecule has 0 atom stereocenters. The summed E-state index contributed by atoms with van der Waals surface area (Å²) in [5.74, 6) is 1.31. The monoisotopic (exact) mass is 343 g/mol. The van der Waals surface area contributed by atoms with Crippen molar-refractivity contribution in [3.8, 4) is 11.5 Å². The number of carbonyl (C=O) groups excluding carboxylic acids is 1. The lowest BCUT2D eigenvalue weighted by atomic mass is 9.86. The third-order valence-corrected chi connectivity index (χ3v) is 4.84. The molecule has 0 N–H and O–H groups in total. The van der Waals surface area contributed by atoms with Crippen LogP contribution in [-0.4, -0.2) is 17.4 Å². The van der Waals surface area contributed by atoms with Gasteiger partial charge in [0.25, 0.3) is 0 Å². The molecular formula is C23H21NO2. The van der Waals surface area contributed by atoms with Crippen LogP contribution < -0.4 is 4.74 Å². The Bertz CT molecular complexity index is 875. The molecule has 0 fully saturated rings. The zero-order chi connectivity index (χ0) is 17.9. The molecule has 1 aliphatic rings. The lowest BCUT2D eigenvalue weighted by Gasteiger charge is -2.31. The lowest BCUT2D eigenvalue weighted by molar-refractivity contribution is -0.132. The van der Waals surface area contributed by atoms with E-state index in [2.05, 4.69) is 12.1 Å². The van der Waals surface area contributed by atoms with E-state index in [1.165, 1.54) is 0 Å². The van der Waals surface area contributed by atoms with Crippen molar-refractivity contribution in [2.24, 2.45) is 0 Å². The number of benzene rings is 3. The molecule has 0 aromatic heterocycles. The maximum absolute atomic E-state index is 13.5. The second-order valence-electron chi connectivity index (χ2n) is 6.45. The van der Waals surface area contributed by atoms with Crippen LogP contribution in [0.25, 0.3) is 0 Å². The lowest BCUT2D eigenvalue weighted by Crippen LogP contribution is -2.36. The van der Waals surface area contributed by atoms with E-state index in [4.69, 9.17) is 4.74 Å². The van der Waals surface area contributed by atoms with Gasteiger partial charge in [0.2, 0.25) is 5.91 Å². The molecule has 4 rings (SSSR count). The second kappa shape index (κ2) is 7.04. The first kappa shape index (κ1) is 16.4. The molecule has 3 heteroatoms. The Balaban J connectivity index is 1.73. The standard InChI is InChI=1S/C23H21NO2/c1-2-24(16-17-10-4-3-5-11-17)23(25)22-18-12-6-8-14-20(18)26-21-15-9-7-13-19(21)22/h3-15,22H,2,16H2,1H3. The highest BCUT2D eigenvalue weighted by atomic mass is 16.5. The Kier molecular flexibility index (Phi) is 4.44. The molecule has 0 aliphatic carbocycles. The van der Waals surface area contributed by atoms with Crippen molar-refractivity contribution in [3.63, 3.8) is 0 Å². The van der Waals surface area contributed by atoms with Gasteiger partial charge in [-0.2, -0.15) is 0 Å². The fraction of sp³-hybridized carbons (Fsp3) is 0.174. The summed E-state index contributed by atoms with van der Waals surface area (Å²) in [5.41, 5.74) is 3.00. The van der Waals surface area contributed by atoms with Gasteiger partial charge in [0.15, 0.2) is 0 Å². The van der Waals surface area contributed by atoms with Crippen molar-refractivity contribution >= 4 is 5.91 Å². The van der Waals surface area contributed by atoms with E-state index >= 15 is 0 Å². The molecule has 0 spiro atoms. The van der Waals surface area contributed by atoms with Crippen LogP contribution in [0, 0.1) is 0 Å². The van der Waals surface area contributed by atoms with Gasteiger partial charge in [0.05, 0.1) is 5.92 Å². The van der Waals surface area contributed by atoms with Crippen LogP contribution in [0.15, 0.2) is 78.9 Å². The van der Waals surface area contributed by atoms with Crippen LogP contribution in [0.4, 0.5) is 0 Å². The second-order valence-corrected chi connectivity index (χ2v) is 6.45. The van der Waals surface area contributed by atoms with Crippen molar-refractivity contribution in [1.82, 2.24) is 4.90 Å². The Morgan fingerprint density at radius 1 is 0.846 bits per heavy atom. The van der Waals surface area contributed by atoms with Crippen LogP contribution in [0.1, 0.15) is 29.5 Å². The summed E-state index contributed by atoms with van der Waals surface area (Å²) in [4.78, 5) is 15.4. The summed E-state index contributed by atoms with van der Waals surface area (Å²) in [6, 6.07) is 25.8. The number of hydrogen-bond donors (Lipinski definition) is 0. The van der Waals surface area contributed by atoms with Gasteiger partial charge in [0, 0.05) is 24.2 Å². The molecular weight excluding hydrogens is 322 g/mol. The minimum absolute atomic E-state index is 0.111. The molecule has 0 radical (unpaired) electrons. The highest BCUT2D eigenvalue weighted by molar-refractivity contribution is 5.89. The zero-order valence-corrected chi connectivity index (χ0v) is 14.8. The highest BCUT2D eigenvalue weighted by Crippen LogP contribution is 2.44. The fourth-order valence-electron chi connectivity index (χ4n) is 3.51. The van der Waals surface area contributed by atoms with E-state index in [0.717, 1.165) is 28.2 Å². The molecule has 0 unspecified atom stereocenters. The van der Waals surface area contributed by atoms with Crippen molar-refractivity contribution in [3.05, 3.63) is 95.6 Å². The molecule has 1 amide bonds. The summed E-state index contributed by atoms with van der Waals surface area (Å²) in [5, 5.41) is 0. The summed E-state index contributed by atoms with van der Waals surface area (Å²) >= 11 is 0. The summed E-state index contributed by atoms with van der Waals surface area (Å²) in [7, 11) is 0. The summed E-state index contributed by atoms with van der Waals surface area (Å²) in [6.07, 6.45) is 0. The predicted molar refractivity (Wildman–Crippen MR) is 102 cm³/mol. The third kappa shape index (κ3) is 2.97. The van der Waals surface area contributed by atoms with E-state index in [-0.39, 0.29) is 11.8 Å². The number of fused-ring (bicyclic) bond motifs is 2. The maximum Gasteiger partial charge on any atom is 0.235 e. The van der Waals surface area contributed by atoms with E-state index < -0.39 is 0 Å². The number of carbonyl (C=O) groups is 1. The SMILES string of the molecule is CCN(Cc1ccccc1)C(=O)C1c2ccccc2Oc2ccccc21. The maximum atomic E-state index is 13.5. The quantitative estimate of drug-likeness (QED) is 0.669. The molecule has 3 aromatic carbocycles. The Morgan fingerprint density at radius 2 is 1.38 bits per heavy atom. The Morgan fingerprint density at radius 3 is 1.96 bits per heavy atom. The van der Waals surface area contributed by atoms with Gasteiger partial charge in [-0.05, 0) is 24.6 Å². The number of nitrogens with zero attached hydrogens (tertiary/aromatic N) is 1. The first-order valence-electron chi connectivity index (χ1n) is 8.96. The van der Waals surface area contributed by atoms with Crippen molar-refractivity contribution in [2.45, 2.75) is 19.4 Å². The number of likely N-dealkylation sites (N-methyl/N-ethyl adjacent to an activating group) is 1. The topological polar surface area (TPSA) is 29.5 Å². The average Bonchev–Trinajstić information content (AvgIpc) is 2.70. The van der Waals surface area contributed by atoms with Crippen molar-refractivity contribution in [2.75, 3.05) is 6.54 Å². The predicted octanol–water partition coefficient (Wildman–Crippen LogP) is 4.97. The normalized spacial score (nSPS) is 12.7. The number of amides is 1. The molecule has 130 valence electrons. The number of para-hydroxylation sites is 2. The molecule has 3 aromatic rings. The molecule has 3 nitrogen and oxygen atoms in total. The van der Waals surface area contributed by atoms with E-state index in [1.807, 2.05) is 78.6 Å². The smallest absolute Gasteiger partial charge is 0.235 e. The van der Waals surface area contributed by atoms with Crippen LogP contribution in [-0.2, 0) is 11.3 Å². The van der Waals surface area contributed by atoms with E-state index in [9.17, 15) is 4.79 Å².